The first kappa shape index (κ1) is 31.0. The highest BCUT2D eigenvalue weighted by atomic mass is 19.3. The van der Waals surface area contributed by atoms with Gasteiger partial charge in [-0.15, -0.1) is 5.10 Å². The number of aromatic nitrogens is 6. The lowest BCUT2D eigenvalue weighted by Gasteiger charge is -2.43. The number of halogens is 3. The molecule has 13 nitrogen and oxygen atoms in total. The molecule has 1 aromatic carbocycles. The predicted octanol–water partition coefficient (Wildman–Crippen LogP) is 3.13. The average molecular weight is 640 g/mol. The van der Waals surface area contributed by atoms with E-state index in [0.29, 0.717) is 60.8 Å². The molecule has 0 radical (unpaired) electrons. The topological polar surface area (TPSA) is 135 Å². The Morgan fingerprint density at radius 1 is 1.13 bits per heavy atom. The van der Waals surface area contributed by atoms with Gasteiger partial charge in [-0.2, -0.15) is 8.78 Å². The Bertz CT molecular complexity index is 1780. The molecule has 3 aromatic heterocycles. The van der Waals surface area contributed by atoms with Crippen LogP contribution in [0.1, 0.15) is 30.9 Å². The van der Waals surface area contributed by atoms with Crippen LogP contribution in [0.4, 0.5) is 18.0 Å². The van der Waals surface area contributed by atoms with Crippen LogP contribution in [0.15, 0.2) is 49.4 Å². The summed E-state index contributed by atoms with van der Waals surface area (Å²) in [7, 11) is 0. The van der Waals surface area contributed by atoms with Gasteiger partial charge in [0.2, 0.25) is 5.91 Å². The number of piperazine rings is 1. The zero-order valence-corrected chi connectivity index (χ0v) is 25.2. The number of ether oxygens (including phenoxy) is 1. The molecule has 2 aliphatic rings. The molecule has 4 aromatic rings. The van der Waals surface area contributed by atoms with E-state index < -0.39 is 18.0 Å². The smallest absolute Gasteiger partial charge is 0.320 e. The molecule has 242 valence electrons. The zero-order valence-electron chi connectivity index (χ0n) is 25.2. The van der Waals surface area contributed by atoms with Gasteiger partial charge in [-0.1, -0.05) is 11.8 Å². The van der Waals surface area contributed by atoms with E-state index in [1.165, 1.54) is 25.1 Å². The minimum atomic E-state index is -2.90. The van der Waals surface area contributed by atoms with Crippen molar-refractivity contribution in [2.24, 2.45) is 0 Å². The fourth-order valence-corrected chi connectivity index (χ4v) is 5.68. The number of benzene rings is 1. The average Bonchev–Trinajstić information content (AvgIpc) is 3.63. The molecule has 46 heavy (non-hydrogen) atoms. The number of rotatable bonds is 8. The standard InChI is InChI=1S/C30H32F3N9O4/c1-4-25(43)38-7-9-39(10-8-38)29(44)40-14-21(15-40)42-18(2)26(36-37-42)19-11-22-27(41(17-35-22)28(32)33)23(12-19)46-16-30(3,45)24-6-5-20(31)13-34-24/h4-6,11-13,17,21,28,45H,1,7-10,14-16H2,2-3H3. The lowest BCUT2D eigenvalue weighted by atomic mass is 10.0. The van der Waals surface area contributed by atoms with Crippen LogP contribution in [0.25, 0.3) is 22.3 Å². The van der Waals surface area contributed by atoms with Crippen molar-refractivity contribution in [3.8, 4) is 17.0 Å². The highest BCUT2D eigenvalue weighted by Crippen LogP contribution is 2.36. The second-order valence-electron chi connectivity index (χ2n) is 11.5. The zero-order chi connectivity index (χ0) is 32.7. The summed E-state index contributed by atoms with van der Waals surface area (Å²) >= 11 is 0. The van der Waals surface area contributed by atoms with Crippen molar-refractivity contribution >= 4 is 23.0 Å². The highest BCUT2D eigenvalue weighted by Gasteiger charge is 2.37. The van der Waals surface area contributed by atoms with Crippen molar-refractivity contribution < 1.29 is 32.6 Å². The van der Waals surface area contributed by atoms with Gasteiger partial charge in [0.15, 0.2) is 0 Å². The largest absolute Gasteiger partial charge is 0.488 e. The third kappa shape index (κ3) is 5.75. The summed E-state index contributed by atoms with van der Waals surface area (Å²) in [5.41, 5.74) is 0.374. The number of urea groups is 1. The molecule has 0 saturated carbocycles. The van der Waals surface area contributed by atoms with Gasteiger partial charge < -0.3 is 24.5 Å². The van der Waals surface area contributed by atoms with Crippen LogP contribution in [-0.2, 0) is 10.4 Å². The number of carbonyl (C=O) groups is 2. The van der Waals surface area contributed by atoms with Gasteiger partial charge in [0, 0.05) is 44.8 Å². The number of likely N-dealkylation sites (tertiary alicyclic amines) is 1. The first-order valence-corrected chi connectivity index (χ1v) is 14.6. The van der Waals surface area contributed by atoms with Crippen molar-refractivity contribution in [2.75, 3.05) is 45.9 Å². The van der Waals surface area contributed by atoms with Crippen LogP contribution in [0.2, 0.25) is 0 Å². The second kappa shape index (κ2) is 12.1. The molecular formula is C30H32F3N9O4. The van der Waals surface area contributed by atoms with Gasteiger partial charge in [-0.25, -0.2) is 18.9 Å². The summed E-state index contributed by atoms with van der Waals surface area (Å²) in [6.07, 6.45) is 3.24. The van der Waals surface area contributed by atoms with E-state index in [1.807, 2.05) is 6.92 Å². The number of pyridine rings is 1. The van der Waals surface area contributed by atoms with E-state index >= 15 is 0 Å². The van der Waals surface area contributed by atoms with E-state index in [9.17, 15) is 27.9 Å². The molecule has 2 aliphatic heterocycles. The fraction of sp³-hybridized carbons (Fsp3) is 0.400. The summed E-state index contributed by atoms with van der Waals surface area (Å²) in [6, 6.07) is 5.39. The molecule has 0 aliphatic carbocycles. The third-order valence-electron chi connectivity index (χ3n) is 8.35. The molecular weight excluding hydrogens is 607 g/mol. The van der Waals surface area contributed by atoms with Gasteiger partial charge in [0.05, 0.1) is 29.1 Å². The first-order chi connectivity index (χ1) is 22.0. The Kier molecular flexibility index (Phi) is 8.14. The van der Waals surface area contributed by atoms with Crippen LogP contribution in [0.5, 0.6) is 5.75 Å². The molecule has 16 heteroatoms. The van der Waals surface area contributed by atoms with E-state index in [-0.39, 0.29) is 47.1 Å². The maximum atomic E-state index is 13.9. The quantitative estimate of drug-likeness (QED) is 0.291. The minimum absolute atomic E-state index is 0.0227. The second-order valence-corrected chi connectivity index (χ2v) is 11.5. The number of amides is 3. The maximum absolute atomic E-state index is 13.9. The molecule has 2 saturated heterocycles. The number of aliphatic hydroxyl groups is 1. The van der Waals surface area contributed by atoms with Crippen LogP contribution >= 0.6 is 0 Å². The summed E-state index contributed by atoms with van der Waals surface area (Å²) in [4.78, 5) is 38.0. The predicted molar refractivity (Wildman–Crippen MR) is 158 cm³/mol. The maximum Gasteiger partial charge on any atom is 0.320 e. The Hall–Kier alpha value is -4.99. The molecule has 1 N–H and O–H groups in total. The lowest BCUT2D eigenvalue weighted by Crippen LogP contribution is -2.59. The Morgan fingerprint density at radius 2 is 1.85 bits per heavy atom. The van der Waals surface area contributed by atoms with Crippen molar-refractivity contribution in [1.29, 1.82) is 0 Å². The van der Waals surface area contributed by atoms with Gasteiger partial charge in [0.25, 0.3) is 0 Å². The Balaban J connectivity index is 1.19. The molecule has 3 amide bonds. The molecule has 6 rings (SSSR count). The minimum Gasteiger partial charge on any atom is -0.488 e. The molecule has 0 spiro atoms. The molecule has 5 heterocycles. The van der Waals surface area contributed by atoms with E-state index in [2.05, 4.69) is 26.9 Å². The Morgan fingerprint density at radius 3 is 2.50 bits per heavy atom. The number of alkyl halides is 2. The normalized spacial score (nSPS) is 16.9. The van der Waals surface area contributed by atoms with Gasteiger partial charge >= 0.3 is 12.6 Å². The number of fused-ring (bicyclic) bond motifs is 1. The van der Waals surface area contributed by atoms with Gasteiger partial charge in [-0.05, 0) is 44.2 Å². The molecule has 1 atom stereocenters. The summed E-state index contributed by atoms with van der Waals surface area (Å²) in [5.74, 6) is -0.697. The summed E-state index contributed by atoms with van der Waals surface area (Å²) < 4.78 is 49.5. The molecule has 2 fully saturated rings. The van der Waals surface area contributed by atoms with Crippen LogP contribution < -0.4 is 4.74 Å². The number of nitrogens with zero attached hydrogens (tertiary/aromatic N) is 9. The highest BCUT2D eigenvalue weighted by molar-refractivity contribution is 5.88. The number of hydrogen-bond acceptors (Lipinski definition) is 8. The first-order valence-electron chi connectivity index (χ1n) is 14.6. The lowest BCUT2D eigenvalue weighted by molar-refractivity contribution is -0.127. The van der Waals surface area contributed by atoms with Crippen LogP contribution in [0, 0.1) is 12.7 Å². The Labute approximate surface area is 261 Å². The van der Waals surface area contributed by atoms with E-state index in [0.717, 1.165) is 18.6 Å². The van der Waals surface area contributed by atoms with Crippen molar-refractivity contribution in [3.63, 3.8) is 0 Å². The SMILES string of the molecule is C=CC(=O)N1CCN(C(=O)N2CC(n3nnc(-c4cc(OCC(C)(O)c5ccc(F)cn5)c5c(c4)ncn5C(F)F)c3C)C2)CC1. The van der Waals surface area contributed by atoms with Crippen LogP contribution in [0.3, 0.4) is 0 Å². The summed E-state index contributed by atoms with van der Waals surface area (Å²) in [6.45, 7) is 6.10. The van der Waals surface area contributed by atoms with Crippen LogP contribution in [-0.4, -0.2) is 107 Å². The van der Waals surface area contributed by atoms with Crippen molar-refractivity contribution in [1.82, 2.24) is 44.2 Å². The summed E-state index contributed by atoms with van der Waals surface area (Å²) in [5, 5.41) is 19.7. The van der Waals surface area contributed by atoms with Crippen molar-refractivity contribution in [3.05, 3.63) is 66.6 Å². The van der Waals surface area contributed by atoms with E-state index in [4.69, 9.17) is 4.74 Å². The third-order valence-corrected chi connectivity index (χ3v) is 8.35. The van der Waals surface area contributed by atoms with Gasteiger partial charge in [-0.3, -0.25) is 14.3 Å². The van der Waals surface area contributed by atoms with Crippen molar-refractivity contribution in [2.45, 2.75) is 32.0 Å². The van der Waals surface area contributed by atoms with Gasteiger partial charge in [0.1, 0.15) is 41.3 Å². The number of carbonyl (C=O) groups excluding carboxylic acids is 2. The number of hydrogen-bond donors (Lipinski definition) is 1. The molecule has 0 bridgehead atoms. The molecule has 1 unspecified atom stereocenters. The monoisotopic (exact) mass is 639 g/mol. The number of imidazole rings is 1. The van der Waals surface area contributed by atoms with E-state index in [1.54, 1.807) is 25.4 Å². The fourth-order valence-electron chi connectivity index (χ4n) is 5.68.